The predicted molar refractivity (Wildman–Crippen MR) is 87.5 cm³/mol. The fourth-order valence-electron chi connectivity index (χ4n) is 2.16. The highest BCUT2D eigenvalue weighted by Crippen LogP contribution is 2.25. The number of carbonyl (C=O) groups is 1. The number of thiophene rings is 1. The summed E-state index contributed by atoms with van der Waals surface area (Å²) < 4.78 is 55.0. The van der Waals surface area contributed by atoms with E-state index in [2.05, 4.69) is 4.98 Å². The first-order valence-corrected chi connectivity index (χ1v) is 9.24. The highest BCUT2D eigenvalue weighted by Gasteiger charge is 2.24. The molecule has 0 saturated heterocycles. The Labute approximate surface area is 145 Å². The van der Waals surface area contributed by atoms with E-state index in [4.69, 9.17) is 0 Å². The molecule has 0 aliphatic heterocycles. The molecule has 3 rings (SSSR count). The molecule has 3 aromatic rings. The summed E-state index contributed by atoms with van der Waals surface area (Å²) in [6.07, 6.45) is 1.19. The summed E-state index contributed by atoms with van der Waals surface area (Å²) >= 11 is 0.949. The lowest BCUT2D eigenvalue weighted by Crippen LogP contribution is -2.30. The monoisotopic (exact) mass is 383 g/mol. The summed E-state index contributed by atoms with van der Waals surface area (Å²) in [7, 11) is -2.58. The van der Waals surface area contributed by atoms with Gasteiger partial charge in [-0.3, -0.25) is 4.79 Å². The number of sulfonamides is 1. The zero-order valence-electron chi connectivity index (χ0n) is 12.7. The minimum atomic E-state index is -4.03. The molecular formula is C15H11F2N3O3S2. The molecule has 0 fully saturated rings. The van der Waals surface area contributed by atoms with E-state index in [1.165, 1.54) is 36.0 Å². The number of halogens is 2. The van der Waals surface area contributed by atoms with Gasteiger partial charge in [0.05, 0.1) is 5.56 Å². The molecule has 1 aromatic carbocycles. The van der Waals surface area contributed by atoms with Gasteiger partial charge in [-0.15, -0.1) is 11.3 Å². The second kappa shape index (κ2) is 6.37. The lowest BCUT2D eigenvalue weighted by Gasteiger charge is -2.04. The van der Waals surface area contributed by atoms with Crippen LogP contribution in [0.15, 0.2) is 46.1 Å². The first kappa shape index (κ1) is 17.2. The Morgan fingerprint density at radius 2 is 1.88 bits per heavy atom. The largest absolute Gasteiger partial charge is 0.333 e. The van der Waals surface area contributed by atoms with E-state index in [-0.39, 0.29) is 15.7 Å². The maximum Gasteiger partial charge on any atom is 0.285 e. The highest BCUT2D eigenvalue weighted by molar-refractivity contribution is 7.92. The predicted octanol–water partition coefficient (Wildman–Crippen LogP) is 2.55. The van der Waals surface area contributed by atoms with Crippen LogP contribution in [0.2, 0.25) is 0 Å². The third-order valence-corrected chi connectivity index (χ3v) is 6.01. The average molecular weight is 383 g/mol. The summed E-state index contributed by atoms with van der Waals surface area (Å²) in [4.78, 5) is 16.1. The number of nitrogens with one attached hydrogen (secondary N) is 1. The van der Waals surface area contributed by atoms with Gasteiger partial charge in [0.15, 0.2) is 0 Å². The van der Waals surface area contributed by atoms with Crippen LogP contribution in [0.3, 0.4) is 0 Å². The van der Waals surface area contributed by atoms with Crippen molar-refractivity contribution in [2.45, 2.75) is 4.21 Å². The van der Waals surface area contributed by atoms with Crippen LogP contribution >= 0.6 is 11.3 Å². The van der Waals surface area contributed by atoms with Crippen LogP contribution in [0.25, 0.3) is 11.4 Å². The van der Waals surface area contributed by atoms with Gasteiger partial charge in [-0.05, 0) is 23.6 Å². The molecule has 0 aliphatic carbocycles. The summed E-state index contributed by atoms with van der Waals surface area (Å²) in [5.41, 5.74) is -0.676. The molecular weight excluding hydrogens is 372 g/mol. The van der Waals surface area contributed by atoms with Gasteiger partial charge in [-0.25, -0.2) is 26.9 Å². The Morgan fingerprint density at radius 3 is 2.48 bits per heavy atom. The van der Waals surface area contributed by atoms with E-state index in [9.17, 15) is 22.0 Å². The normalized spacial score (nSPS) is 11.5. The van der Waals surface area contributed by atoms with Crippen LogP contribution in [0.5, 0.6) is 0 Å². The number of benzene rings is 1. The number of aromatic nitrogens is 2. The first-order chi connectivity index (χ1) is 11.8. The minimum Gasteiger partial charge on any atom is -0.333 e. The van der Waals surface area contributed by atoms with Gasteiger partial charge in [-0.2, -0.15) is 0 Å². The number of nitrogens with zero attached hydrogens (tertiary/aromatic N) is 2. The van der Waals surface area contributed by atoms with Crippen molar-refractivity contribution in [2.24, 2.45) is 7.05 Å². The maximum absolute atomic E-state index is 13.9. The third-order valence-electron chi connectivity index (χ3n) is 3.28. The van der Waals surface area contributed by atoms with Crippen molar-refractivity contribution < 1.29 is 22.0 Å². The van der Waals surface area contributed by atoms with Gasteiger partial charge >= 0.3 is 0 Å². The Balaban J connectivity index is 1.94. The number of carbonyl (C=O) groups excluding carboxylic acids is 1. The van der Waals surface area contributed by atoms with E-state index in [1.54, 1.807) is 5.38 Å². The van der Waals surface area contributed by atoms with Crippen LogP contribution in [0.1, 0.15) is 10.5 Å². The standard InChI is InChI=1S/C15H11F2N3O3S2/c1-20-8-11(15(21)19-25(22,23)12-6-3-7-24-12)18-14(20)13-9(16)4-2-5-10(13)17/h2-8H,1H3,(H,19,21). The van der Waals surface area contributed by atoms with Crippen LogP contribution in [-0.4, -0.2) is 23.9 Å². The summed E-state index contributed by atoms with van der Waals surface area (Å²) in [5.74, 6) is -2.81. The zero-order chi connectivity index (χ0) is 18.2. The van der Waals surface area contributed by atoms with Crippen LogP contribution in [-0.2, 0) is 17.1 Å². The van der Waals surface area contributed by atoms with E-state index < -0.39 is 33.1 Å². The summed E-state index contributed by atoms with van der Waals surface area (Å²) in [6, 6.07) is 6.21. The molecule has 10 heteroatoms. The number of imidazole rings is 1. The number of aryl methyl sites for hydroxylation is 1. The van der Waals surface area contributed by atoms with Gasteiger partial charge in [-0.1, -0.05) is 12.1 Å². The maximum atomic E-state index is 13.9. The first-order valence-electron chi connectivity index (χ1n) is 6.88. The molecule has 1 N–H and O–H groups in total. The molecule has 0 saturated carbocycles. The third kappa shape index (κ3) is 3.30. The van der Waals surface area contributed by atoms with Crippen LogP contribution in [0, 0.1) is 11.6 Å². The second-order valence-corrected chi connectivity index (χ2v) is 7.88. The molecule has 2 heterocycles. The van der Waals surface area contributed by atoms with Crippen LogP contribution in [0.4, 0.5) is 8.78 Å². The van der Waals surface area contributed by atoms with E-state index >= 15 is 0 Å². The Bertz CT molecular complexity index is 1020. The van der Waals surface area contributed by atoms with Gasteiger partial charge in [0.2, 0.25) is 0 Å². The molecule has 2 aromatic heterocycles. The second-order valence-electron chi connectivity index (χ2n) is 5.02. The fourth-order valence-corrected chi connectivity index (χ4v) is 4.11. The summed E-state index contributed by atoms with van der Waals surface area (Å²) in [6.45, 7) is 0. The van der Waals surface area contributed by atoms with Crippen molar-refractivity contribution in [1.29, 1.82) is 0 Å². The number of amides is 1. The molecule has 0 atom stereocenters. The van der Waals surface area contributed by atoms with Gasteiger partial charge in [0.25, 0.3) is 15.9 Å². The molecule has 0 aliphatic rings. The van der Waals surface area contributed by atoms with E-state index in [0.29, 0.717) is 0 Å². The Kier molecular flexibility index (Phi) is 4.39. The van der Waals surface area contributed by atoms with Crippen molar-refractivity contribution in [3.63, 3.8) is 0 Å². The van der Waals surface area contributed by atoms with Crippen molar-refractivity contribution >= 4 is 27.3 Å². The lowest BCUT2D eigenvalue weighted by molar-refractivity contribution is 0.0977. The van der Waals surface area contributed by atoms with Crippen molar-refractivity contribution in [3.8, 4) is 11.4 Å². The van der Waals surface area contributed by atoms with E-state index in [1.807, 2.05) is 4.72 Å². The van der Waals surface area contributed by atoms with E-state index in [0.717, 1.165) is 23.5 Å². The van der Waals surface area contributed by atoms with Crippen molar-refractivity contribution in [1.82, 2.24) is 14.3 Å². The van der Waals surface area contributed by atoms with Crippen molar-refractivity contribution in [3.05, 3.63) is 59.2 Å². The van der Waals surface area contributed by atoms with Crippen molar-refractivity contribution in [2.75, 3.05) is 0 Å². The molecule has 0 radical (unpaired) electrons. The topological polar surface area (TPSA) is 81.1 Å². The molecule has 1 amide bonds. The zero-order valence-corrected chi connectivity index (χ0v) is 14.4. The number of hydrogen-bond donors (Lipinski definition) is 1. The minimum absolute atomic E-state index is 0.0304. The average Bonchev–Trinajstić information content (AvgIpc) is 3.17. The molecule has 0 spiro atoms. The van der Waals surface area contributed by atoms with Crippen LogP contribution < -0.4 is 4.72 Å². The Morgan fingerprint density at radius 1 is 1.20 bits per heavy atom. The summed E-state index contributed by atoms with van der Waals surface area (Å²) in [5, 5.41) is 1.55. The van der Waals surface area contributed by atoms with Gasteiger partial charge in [0.1, 0.15) is 27.4 Å². The highest BCUT2D eigenvalue weighted by atomic mass is 32.2. The lowest BCUT2D eigenvalue weighted by atomic mass is 10.2. The molecule has 130 valence electrons. The quantitative estimate of drug-likeness (QED) is 0.751. The van der Waals surface area contributed by atoms with Gasteiger partial charge in [0, 0.05) is 13.2 Å². The van der Waals surface area contributed by atoms with Gasteiger partial charge < -0.3 is 4.57 Å². The fraction of sp³-hybridized carbons (Fsp3) is 0.0667. The SMILES string of the molecule is Cn1cc(C(=O)NS(=O)(=O)c2cccs2)nc1-c1c(F)cccc1F. The number of rotatable bonds is 4. The molecule has 6 nitrogen and oxygen atoms in total. The number of hydrogen-bond acceptors (Lipinski definition) is 5. The molecule has 0 bridgehead atoms. The molecule has 0 unspecified atom stereocenters. The smallest absolute Gasteiger partial charge is 0.285 e. The Hall–Kier alpha value is -2.59. The molecule has 25 heavy (non-hydrogen) atoms.